The predicted molar refractivity (Wildman–Crippen MR) is 87.5 cm³/mol. The molecule has 0 aromatic heterocycles. The summed E-state index contributed by atoms with van der Waals surface area (Å²) in [5, 5.41) is 0. The smallest absolute Gasteiger partial charge is 0.261 e. The van der Waals surface area contributed by atoms with Gasteiger partial charge in [-0.25, -0.2) is 8.42 Å². The highest BCUT2D eigenvalue weighted by Gasteiger charge is 2.18. The fourth-order valence-electron chi connectivity index (χ4n) is 2.62. The molecule has 1 aliphatic rings. The van der Waals surface area contributed by atoms with Gasteiger partial charge in [0.2, 0.25) is 0 Å². The minimum Gasteiger partial charge on any atom is -0.280 e. The Morgan fingerprint density at radius 3 is 2.67 bits per heavy atom. The highest BCUT2D eigenvalue weighted by atomic mass is 32.2. The fraction of sp³-hybridized carbons (Fsp3) is 0.250. The fourth-order valence-corrected chi connectivity index (χ4v) is 4.18. The third kappa shape index (κ3) is 3.09. The van der Waals surface area contributed by atoms with Crippen LogP contribution >= 0.6 is 11.8 Å². The van der Waals surface area contributed by atoms with Crippen molar-refractivity contribution in [2.45, 2.75) is 29.1 Å². The third-order valence-corrected chi connectivity index (χ3v) is 5.81. The second kappa shape index (κ2) is 5.73. The van der Waals surface area contributed by atoms with Crippen LogP contribution in [0, 0.1) is 0 Å². The minimum absolute atomic E-state index is 0.345. The van der Waals surface area contributed by atoms with E-state index >= 15 is 0 Å². The summed E-state index contributed by atoms with van der Waals surface area (Å²) in [5.41, 5.74) is 3.04. The van der Waals surface area contributed by atoms with E-state index in [1.54, 1.807) is 23.9 Å². The van der Waals surface area contributed by atoms with Gasteiger partial charge in [-0.2, -0.15) is 0 Å². The number of hydrogen-bond donors (Lipinski definition) is 1. The molecular weight excluding hydrogens is 302 g/mol. The first-order chi connectivity index (χ1) is 10.1. The lowest BCUT2D eigenvalue weighted by molar-refractivity contribution is 0.601. The van der Waals surface area contributed by atoms with Crippen molar-refractivity contribution < 1.29 is 8.42 Å². The lowest BCUT2D eigenvalue weighted by atomic mass is 10.1. The van der Waals surface area contributed by atoms with Crippen LogP contribution in [0.3, 0.4) is 0 Å². The van der Waals surface area contributed by atoms with Crippen LogP contribution in [0.2, 0.25) is 0 Å². The number of fused-ring (bicyclic) bond motifs is 1. The van der Waals surface area contributed by atoms with E-state index in [0.717, 1.165) is 29.7 Å². The van der Waals surface area contributed by atoms with Crippen LogP contribution in [0.5, 0.6) is 0 Å². The number of hydrogen-bond acceptors (Lipinski definition) is 3. The average molecular weight is 319 g/mol. The first kappa shape index (κ1) is 14.5. The van der Waals surface area contributed by atoms with Gasteiger partial charge in [0.25, 0.3) is 10.0 Å². The van der Waals surface area contributed by atoms with Crippen LogP contribution in [0.15, 0.2) is 52.3 Å². The number of nitrogens with one attached hydrogen (secondary N) is 1. The summed E-state index contributed by atoms with van der Waals surface area (Å²) in [7, 11) is -3.52. The predicted octanol–water partition coefficient (Wildman–Crippen LogP) is 3.70. The largest absolute Gasteiger partial charge is 0.280 e. The van der Waals surface area contributed by atoms with E-state index in [1.165, 1.54) is 5.56 Å². The Labute approximate surface area is 129 Å². The zero-order chi connectivity index (χ0) is 14.9. The first-order valence-corrected chi connectivity index (χ1v) is 9.58. The second-order valence-corrected chi connectivity index (χ2v) is 7.68. The molecule has 0 saturated carbocycles. The lowest BCUT2D eigenvalue weighted by Gasteiger charge is -2.10. The summed E-state index contributed by atoms with van der Waals surface area (Å²) in [5.74, 6) is 0. The summed E-state index contributed by atoms with van der Waals surface area (Å²) >= 11 is 1.59. The van der Waals surface area contributed by atoms with Gasteiger partial charge in [-0.3, -0.25) is 4.72 Å². The average Bonchev–Trinajstić information content (AvgIpc) is 2.94. The molecular formula is C16H17NO2S2. The molecule has 110 valence electrons. The molecule has 0 fully saturated rings. The molecule has 0 spiro atoms. The molecule has 0 saturated heterocycles. The van der Waals surface area contributed by atoms with E-state index in [2.05, 4.69) is 4.72 Å². The van der Waals surface area contributed by atoms with Gasteiger partial charge < -0.3 is 0 Å². The SMILES string of the molecule is CSc1cccc(NS(=O)(=O)c2ccc3c(c2)CCC3)c1. The summed E-state index contributed by atoms with van der Waals surface area (Å²) < 4.78 is 27.6. The Hall–Kier alpha value is -1.46. The van der Waals surface area contributed by atoms with Gasteiger partial charge in [-0.1, -0.05) is 12.1 Å². The molecule has 3 nitrogen and oxygen atoms in total. The molecule has 1 aliphatic carbocycles. The van der Waals surface area contributed by atoms with Gasteiger partial charge >= 0.3 is 0 Å². The molecule has 0 atom stereocenters. The van der Waals surface area contributed by atoms with E-state index in [4.69, 9.17) is 0 Å². The zero-order valence-electron chi connectivity index (χ0n) is 11.8. The maximum Gasteiger partial charge on any atom is 0.261 e. The number of benzene rings is 2. The number of rotatable bonds is 4. The van der Waals surface area contributed by atoms with Crippen LogP contribution in [0.4, 0.5) is 5.69 Å². The standard InChI is InChI=1S/C16H17NO2S2/c1-20-15-7-3-6-14(11-15)17-21(18,19)16-9-8-12-4-2-5-13(12)10-16/h3,6-11,17H,2,4-5H2,1H3. The van der Waals surface area contributed by atoms with Crippen molar-refractivity contribution in [1.29, 1.82) is 0 Å². The van der Waals surface area contributed by atoms with Crippen molar-refractivity contribution in [3.8, 4) is 0 Å². The zero-order valence-corrected chi connectivity index (χ0v) is 13.4. The first-order valence-electron chi connectivity index (χ1n) is 6.87. The van der Waals surface area contributed by atoms with Crippen molar-refractivity contribution in [2.75, 3.05) is 11.0 Å². The van der Waals surface area contributed by atoms with Crippen molar-refractivity contribution in [2.24, 2.45) is 0 Å². The van der Waals surface area contributed by atoms with Gasteiger partial charge in [0.1, 0.15) is 0 Å². The summed E-state index contributed by atoms with van der Waals surface area (Å²) in [6, 6.07) is 12.9. The summed E-state index contributed by atoms with van der Waals surface area (Å²) in [4.78, 5) is 1.38. The molecule has 2 aromatic rings. The molecule has 0 bridgehead atoms. The number of aryl methyl sites for hydroxylation is 2. The Kier molecular flexibility index (Phi) is 3.95. The maximum atomic E-state index is 12.5. The van der Waals surface area contributed by atoms with Gasteiger partial charge in [0.05, 0.1) is 4.90 Å². The van der Waals surface area contributed by atoms with Crippen LogP contribution in [0.1, 0.15) is 17.5 Å². The number of sulfonamides is 1. The van der Waals surface area contributed by atoms with Gasteiger partial charge in [-0.15, -0.1) is 11.8 Å². The molecule has 0 amide bonds. The highest BCUT2D eigenvalue weighted by Crippen LogP contribution is 2.26. The van der Waals surface area contributed by atoms with Crippen LogP contribution in [-0.4, -0.2) is 14.7 Å². The molecule has 0 radical (unpaired) electrons. The van der Waals surface area contributed by atoms with E-state index in [1.807, 2.05) is 36.6 Å². The normalized spacial score (nSPS) is 14.0. The van der Waals surface area contributed by atoms with Crippen LogP contribution in [-0.2, 0) is 22.9 Å². The summed E-state index contributed by atoms with van der Waals surface area (Å²) in [6.07, 6.45) is 5.11. The molecule has 0 unspecified atom stereocenters. The van der Waals surface area contributed by atoms with Crippen LogP contribution in [0.25, 0.3) is 0 Å². The Morgan fingerprint density at radius 2 is 1.86 bits per heavy atom. The molecule has 5 heteroatoms. The Balaban J connectivity index is 1.89. The van der Waals surface area contributed by atoms with Crippen molar-refractivity contribution in [3.05, 3.63) is 53.6 Å². The highest BCUT2D eigenvalue weighted by molar-refractivity contribution is 7.98. The van der Waals surface area contributed by atoms with Crippen molar-refractivity contribution in [1.82, 2.24) is 0 Å². The second-order valence-electron chi connectivity index (χ2n) is 5.12. The topological polar surface area (TPSA) is 46.2 Å². The van der Waals surface area contributed by atoms with Crippen molar-refractivity contribution >= 4 is 27.5 Å². The molecule has 2 aromatic carbocycles. The number of thioether (sulfide) groups is 1. The quantitative estimate of drug-likeness (QED) is 0.874. The Morgan fingerprint density at radius 1 is 1.05 bits per heavy atom. The van der Waals surface area contributed by atoms with Gasteiger partial charge in [-0.05, 0) is 67.0 Å². The van der Waals surface area contributed by atoms with Crippen molar-refractivity contribution in [3.63, 3.8) is 0 Å². The van der Waals surface area contributed by atoms with E-state index in [-0.39, 0.29) is 0 Å². The Bertz CT molecular complexity index is 770. The minimum atomic E-state index is -3.52. The lowest BCUT2D eigenvalue weighted by Crippen LogP contribution is -2.13. The molecule has 21 heavy (non-hydrogen) atoms. The monoisotopic (exact) mass is 319 g/mol. The molecule has 0 heterocycles. The maximum absolute atomic E-state index is 12.5. The third-order valence-electron chi connectivity index (χ3n) is 3.70. The van der Waals surface area contributed by atoms with Crippen LogP contribution < -0.4 is 4.72 Å². The van der Waals surface area contributed by atoms with E-state index < -0.39 is 10.0 Å². The van der Waals surface area contributed by atoms with Gasteiger partial charge in [0.15, 0.2) is 0 Å². The van der Waals surface area contributed by atoms with E-state index in [9.17, 15) is 8.42 Å². The molecule has 0 aliphatic heterocycles. The van der Waals surface area contributed by atoms with E-state index in [0.29, 0.717) is 10.6 Å². The summed E-state index contributed by atoms with van der Waals surface area (Å²) in [6.45, 7) is 0. The molecule has 1 N–H and O–H groups in total. The number of anilines is 1. The molecule has 3 rings (SSSR count). The van der Waals surface area contributed by atoms with Gasteiger partial charge in [0, 0.05) is 10.6 Å².